The Balaban J connectivity index is 2.22. The van der Waals surface area contributed by atoms with E-state index in [-0.39, 0.29) is 11.7 Å². The van der Waals surface area contributed by atoms with E-state index in [0.29, 0.717) is 37.4 Å². The Labute approximate surface area is 112 Å². The number of carbonyl (C=O) groups excluding carboxylic acids is 1. The molecule has 0 spiro atoms. The summed E-state index contributed by atoms with van der Waals surface area (Å²) in [5.41, 5.74) is 1.05. The van der Waals surface area contributed by atoms with Crippen LogP contribution in [0.3, 0.4) is 0 Å². The zero-order valence-electron chi connectivity index (χ0n) is 11.3. The number of anilines is 1. The van der Waals surface area contributed by atoms with E-state index in [1.165, 1.54) is 6.07 Å². The fourth-order valence-corrected chi connectivity index (χ4v) is 2.45. The molecule has 0 bridgehead atoms. The van der Waals surface area contributed by atoms with Crippen LogP contribution in [0.2, 0.25) is 0 Å². The van der Waals surface area contributed by atoms with Crippen molar-refractivity contribution in [2.24, 2.45) is 0 Å². The molecule has 1 aliphatic rings. The van der Waals surface area contributed by atoms with Gasteiger partial charge in [-0.2, -0.15) is 0 Å². The Bertz CT molecular complexity index is 469. The third-order valence-corrected chi connectivity index (χ3v) is 3.51. The molecule has 1 heterocycles. The van der Waals surface area contributed by atoms with E-state index in [4.69, 9.17) is 0 Å². The topological polar surface area (TPSA) is 43.8 Å². The third kappa shape index (κ3) is 2.87. The molecule has 4 nitrogen and oxygen atoms in total. The second kappa shape index (κ2) is 5.57. The average Bonchev–Trinajstić information content (AvgIpc) is 2.38. The van der Waals surface area contributed by atoms with Crippen molar-refractivity contribution in [1.82, 2.24) is 4.90 Å². The first-order valence-electron chi connectivity index (χ1n) is 6.47. The van der Waals surface area contributed by atoms with E-state index in [0.717, 1.165) is 0 Å². The highest BCUT2D eigenvalue weighted by Crippen LogP contribution is 2.30. The molecule has 1 aliphatic heterocycles. The molecule has 1 unspecified atom stereocenters. The third-order valence-electron chi connectivity index (χ3n) is 3.51. The monoisotopic (exact) mass is 266 g/mol. The maximum Gasteiger partial charge on any atom is 0.219 e. The van der Waals surface area contributed by atoms with Crippen LogP contribution in [0.25, 0.3) is 0 Å². The van der Waals surface area contributed by atoms with Crippen molar-refractivity contribution < 1.29 is 14.3 Å². The lowest BCUT2D eigenvalue weighted by molar-refractivity contribution is -0.129. The number of carbonyl (C=O) groups is 1. The standard InChI is InChI=1S/C14H19FN2O2/c1-10(18)12-4-3-5-13(15)14(12)17-8-6-16(7-9-17)11(2)19/h3-5,10,18H,6-9H2,1-2H3. The van der Waals surface area contributed by atoms with Gasteiger partial charge in [-0.25, -0.2) is 4.39 Å². The van der Waals surface area contributed by atoms with Gasteiger partial charge in [0.15, 0.2) is 0 Å². The van der Waals surface area contributed by atoms with E-state index < -0.39 is 6.10 Å². The van der Waals surface area contributed by atoms with Crippen LogP contribution < -0.4 is 4.90 Å². The van der Waals surface area contributed by atoms with Crippen LogP contribution in [-0.2, 0) is 4.79 Å². The number of aliphatic hydroxyl groups excluding tert-OH is 1. The van der Waals surface area contributed by atoms with Crippen molar-refractivity contribution in [3.8, 4) is 0 Å². The van der Waals surface area contributed by atoms with E-state index in [1.807, 2.05) is 4.90 Å². The summed E-state index contributed by atoms with van der Waals surface area (Å²) in [5, 5.41) is 9.74. The van der Waals surface area contributed by atoms with Gasteiger partial charge in [-0.05, 0) is 13.0 Å². The van der Waals surface area contributed by atoms with Crippen molar-refractivity contribution in [3.63, 3.8) is 0 Å². The summed E-state index contributed by atoms with van der Waals surface area (Å²) in [7, 11) is 0. The summed E-state index contributed by atoms with van der Waals surface area (Å²) in [6.45, 7) is 5.51. The van der Waals surface area contributed by atoms with Gasteiger partial charge in [0.05, 0.1) is 11.8 Å². The Morgan fingerprint density at radius 3 is 2.47 bits per heavy atom. The molecule has 104 valence electrons. The van der Waals surface area contributed by atoms with Crippen LogP contribution in [0.1, 0.15) is 25.5 Å². The summed E-state index contributed by atoms with van der Waals surface area (Å²) >= 11 is 0. The summed E-state index contributed by atoms with van der Waals surface area (Å²) in [4.78, 5) is 14.9. The number of amides is 1. The lowest BCUT2D eigenvalue weighted by Crippen LogP contribution is -2.48. The van der Waals surface area contributed by atoms with Gasteiger partial charge in [0.2, 0.25) is 5.91 Å². The second-order valence-electron chi connectivity index (χ2n) is 4.85. The molecule has 0 aliphatic carbocycles. The van der Waals surface area contributed by atoms with Gasteiger partial charge in [0.25, 0.3) is 0 Å². The van der Waals surface area contributed by atoms with Crippen molar-refractivity contribution in [3.05, 3.63) is 29.6 Å². The van der Waals surface area contributed by atoms with Gasteiger partial charge in [-0.1, -0.05) is 12.1 Å². The number of hydrogen-bond acceptors (Lipinski definition) is 3. The minimum absolute atomic E-state index is 0.0453. The number of benzene rings is 1. The minimum Gasteiger partial charge on any atom is -0.389 e. The van der Waals surface area contributed by atoms with Crippen molar-refractivity contribution in [2.45, 2.75) is 20.0 Å². The van der Waals surface area contributed by atoms with Gasteiger partial charge in [0.1, 0.15) is 5.82 Å². The molecule has 1 N–H and O–H groups in total. The molecule has 1 aromatic rings. The van der Waals surface area contributed by atoms with E-state index in [1.54, 1.807) is 30.9 Å². The molecule has 0 saturated carbocycles. The minimum atomic E-state index is -0.712. The molecule has 1 fully saturated rings. The maximum atomic E-state index is 14.0. The lowest BCUT2D eigenvalue weighted by Gasteiger charge is -2.37. The first-order valence-corrected chi connectivity index (χ1v) is 6.47. The van der Waals surface area contributed by atoms with Gasteiger partial charge in [-0.3, -0.25) is 4.79 Å². The number of hydrogen-bond donors (Lipinski definition) is 1. The zero-order chi connectivity index (χ0) is 14.0. The SMILES string of the molecule is CC(=O)N1CCN(c2c(F)cccc2C(C)O)CC1. The number of piperazine rings is 1. The van der Waals surface area contributed by atoms with Crippen molar-refractivity contribution in [2.75, 3.05) is 31.1 Å². The average molecular weight is 266 g/mol. The number of para-hydroxylation sites is 1. The molecule has 0 radical (unpaired) electrons. The van der Waals surface area contributed by atoms with Crippen LogP contribution in [-0.4, -0.2) is 42.1 Å². The summed E-state index contributed by atoms with van der Waals surface area (Å²) in [6, 6.07) is 4.74. The highest BCUT2D eigenvalue weighted by atomic mass is 19.1. The number of nitrogens with zero attached hydrogens (tertiary/aromatic N) is 2. The molecule has 1 aromatic carbocycles. The van der Waals surface area contributed by atoms with Crippen LogP contribution in [0, 0.1) is 5.82 Å². The highest BCUT2D eigenvalue weighted by molar-refractivity contribution is 5.73. The molecule has 2 rings (SSSR count). The summed E-state index contributed by atoms with van der Waals surface area (Å²) < 4.78 is 14.0. The van der Waals surface area contributed by atoms with Gasteiger partial charge < -0.3 is 14.9 Å². The fraction of sp³-hybridized carbons (Fsp3) is 0.500. The second-order valence-corrected chi connectivity index (χ2v) is 4.85. The first kappa shape index (κ1) is 13.8. The molecule has 19 heavy (non-hydrogen) atoms. The van der Waals surface area contributed by atoms with Crippen molar-refractivity contribution >= 4 is 11.6 Å². The van der Waals surface area contributed by atoms with Crippen LogP contribution in [0.5, 0.6) is 0 Å². The van der Waals surface area contributed by atoms with Gasteiger partial charge >= 0.3 is 0 Å². The van der Waals surface area contributed by atoms with E-state index >= 15 is 0 Å². The smallest absolute Gasteiger partial charge is 0.219 e. The molecule has 1 atom stereocenters. The Morgan fingerprint density at radius 1 is 1.32 bits per heavy atom. The molecule has 1 saturated heterocycles. The maximum absolute atomic E-state index is 14.0. The van der Waals surface area contributed by atoms with Crippen LogP contribution in [0.15, 0.2) is 18.2 Å². The van der Waals surface area contributed by atoms with E-state index in [2.05, 4.69) is 0 Å². The zero-order valence-corrected chi connectivity index (χ0v) is 11.3. The predicted octanol–water partition coefficient (Wildman–Crippen LogP) is 1.55. The summed E-state index contributed by atoms with van der Waals surface area (Å²) in [5.74, 6) is -0.279. The lowest BCUT2D eigenvalue weighted by atomic mass is 10.1. The van der Waals surface area contributed by atoms with Crippen LogP contribution >= 0.6 is 0 Å². The summed E-state index contributed by atoms with van der Waals surface area (Å²) in [6.07, 6.45) is -0.712. The molecule has 5 heteroatoms. The largest absolute Gasteiger partial charge is 0.389 e. The van der Waals surface area contributed by atoms with Gasteiger partial charge in [-0.15, -0.1) is 0 Å². The Hall–Kier alpha value is -1.62. The van der Waals surface area contributed by atoms with Gasteiger partial charge in [0, 0.05) is 38.7 Å². The quantitative estimate of drug-likeness (QED) is 0.883. The van der Waals surface area contributed by atoms with Crippen molar-refractivity contribution in [1.29, 1.82) is 0 Å². The number of rotatable bonds is 2. The first-order chi connectivity index (χ1) is 9.00. The fourth-order valence-electron chi connectivity index (χ4n) is 2.45. The number of halogens is 1. The molecule has 1 amide bonds. The predicted molar refractivity (Wildman–Crippen MR) is 71.5 cm³/mol. The normalized spacial score (nSPS) is 17.5. The van der Waals surface area contributed by atoms with E-state index in [9.17, 15) is 14.3 Å². The highest BCUT2D eigenvalue weighted by Gasteiger charge is 2.23. The number of aliphatic hydroxyl groups is 1. The Morgan fingerprint density at radius 2 is 1.95 bits per heavy atom. The molecule has 0 aromatic heterocycles. The van der Waals surface area contributed by atoms with Crippen LogP contribution in [0.4, 0.5) is 10.1 Å². The Kier molecular flexibility index (Phi) is 4.04. The molecular formula is C14H19FN2O2. The molecular weight excluding hydrogens is 247 g/mol.